The van der Waals surface area contributed by atoms with E-state index in [2.05, 4.69) is 5.32 Å². The Hall–Kier alpha value is -0.980. The van der Waals surface area contributed by atoms with Gasteiger partial charge in [0.25, 0.3) is 0 Å². The summed E-state index contributed by atoms with van der Waals surface area (Å²) in [5.41, 5.74) is 4.64. The average Bonchev–Trinajstić information content (AvgIpc) is 2.24. The van der Waals surface area contributed by atoms with Gasteiger partial charge in [0.1, 0.15) is 0 Å². The van der Waals surface area contributed by atoms with Crippen molar-refractivity contribution in [2.45, 2.75) is 12.2 Å². The third-order valence-electron chi connectivity index (χ3n) is 2.10. The Labute approximate surface area is 101 Å². The van der Waals surface area contributed by atoms with E-state index in [1.165, 1.54) is 6.07 Å². The number of rotatable bonds is 4. The fourth-order valence-electron chi connectivity index (χ4n) is 1.25. The van der Waals surface area contributed by atoms with Crippen LogP contribution in [0.25, 0.3) is 0 Å². The predicted octanol–water partition coefficient (Wildman–Crippen LogP) is 2.09. The quantitative estimate of drug-likeness (QED) is 0.784. The van der Waals surface area contributed by atoms with Gasteiger partial charge in [-0.1, -0.05) is 11.6 Å². The molecule has 4 N–H and O–H groups in total. The number of nitrogens with two attached hydrogens (primary N) is 1. The standard InChI is InChI=1S/C10H12ClF3N2O/c11-7-1-6(10(12,13)14)2-8(3-7)16-9(4-15)5-17/h1-3,9,16-17H,4-5,15H2. The van der Waals surface area contributed by atoms with E-state index >= 15 is 0 Å². The summed E-state index contributed by atoms with van der Waals surface area (Å²) in [4.78, 5) is 0. The molecule has 0 saturated heterocycles. The summed E-state index contributed by atoms with van der Waals surface area (Å²) in [7, 11) is 0. The van der Waals surface area contributed by atoms with Crippen LogP contribution in [-0.4, -0.2) is 24.3 Å². The van der Waals surface area contributed by atoms with Gasteiger partial charge in [-0.2, -0.15) is 13.2 Å². The van der Waals surface area contributed by atoms with E-state index in [-0.39, 0.29) is 23.9 Å². The first-order valence-corrected chi connectivity index (χ1v) is 5.20. The van der Waals surface area contributed by atoms with E-state index in [4.69, 9.17) is 22.4 Å². The van der Waals surface area contributed by atoms with E-state index in [1.807, 2.05) is 0 Å². The van der Waals surface area contributed by atoms with Crippen molar-refractivity contribution in [1.29, 1.82) is 0 Å². The van der Waals surface area contributed by atoms with Gasteiger partial charge in [0, 0.05) is 17.3 Å². The van der Waals surface area contributed by atoms with E-state index in [0.29, 0.717) is 0 Å². The summed E-state index contributed by atoms with van der Waals surface area (Å²) >= 11 is 5.59. The summed E-state index contributed by atoms with van der Waals surface area (Å²) in [6.45, 7) is -0.172. The molecule has 0 bridgehead atoms. The summed E-state index contributed by atoms with van der Waals surface area (Å²) in [6, 6.07) is 2.59. The van der Waals surface area contributed by atoms with Crippen molar-refractivity contribution in [3.8, 4) is 0 Å². The minimum absolute atomic E-state index is 0.0314. The second-order valence-electron chi connectivity index (χ2n) is 3.49. The van der Waals surface area contributed by atoms with Crippen molar-refractivity contribution < 1.29 is 18.3 Å². The van der Waals surface area contributed by atoms with Gasteiger partial charge >= 0.3 is 6.18 Å². The number of aliphatic hydroxyl groups excluding tert-OH is 1. The minimum atomic E-state index is -4.46. The largest absolute Gasteiger partial charge is 0.416 e. The smallest absolute Gasteiger partial charge is 0.394 e. The van der Waals surface area contributed by atoms with Crippen LogP contribution in [0, 0.1) is 0 Å². The van der Waals surface area contributed by atoms with Gasteiger partial charge in [-0.3, -0.25) is 0 Å². The first-order chi connectivity index (χ1) is 7.86. The molecular weight excluding hydrogens is 257 g/mol. The van der Waals surface area contributed by atoms with Crippen molar-refractivity contribution in [1.82, 2.24) is 0 Å². The van der Waals surface area contributed by atoms with Crippen LogP contribution in [0.2, 0.25) is 5.02 Å². The first-order valence-electron chi connectivity index (χ1n) is 4.82. The number of halogens is 4. The molecule has 0 aliphatic carbocycles. The monoisotopic (exact) mass is 268 g/mol. The molecule has 0 saturated carbocycles. The molecule has 3 nitrogen and oxygen atoms in total. The van der Waals surface area contributed by atoms with Gasteiger partial charge < -0.3 is 16.2 Å². The topological polar surface area (TPSA) is 58.3 Å². The van der Waals surface area contributed by atoms with E-state index < -0.39 is 17.8 Å². The zero-order valence-electron chi connectivity index (χ0n) is 8.76. The van der Waals surface area contributed by atoms with Crippen molar-refractivity contribution in [3.05, 3.63) is 28.8 Å². The lowest BCUT2D eigenvalue weighted by Crippen LogP contribution is -2.32. The zero-order valence-corrected chi connectivity index (χ0v) is 9.52. The van der Waals surface area contributed by atoms with Crippen LogP contribution in [-0.2, 0) is 6.18 Å². The van der Waals surface area contributed by atoms with Crippen molar-refractivity contribution in [2.75, 3.05) is 18.5 Å². The molecule has 1 aromatic rings. The van der Waals surface area contributed by atoms with Crippen LogP contribution < -0.4 is 11.1 Å². The van der Waals surface area contributed by atoms with Crippen molar-refractivity contribution in [2.24, 2.45) is 5.73 Å². The first kappa shape index (κ1) is 14.1. The van der Waals surface area contributed by atoms with E-state index in [0.717, 1.165) is 12.1 Å². The summed E-state index contributed by atoms with van der Waals surface area (Å²) in [5.74, 6) is 0. The Bertz CT molecular complexity index is 380. The highest BCUT2D eigenvalue weighted by Gasteiger charge is 2.31. The molecule has 0 fully saturated rings. The Morgan fingerprint density at radius 2 is 2.00 bits per heavy atom. The Morgan fingerprint density at radius 3 is 2.47 bits per heavy atom. The van der Waals surface area contributed by atoms with Gasteiger partial charge in [-0.15, -0.1) is 0 Å². The Morgan fingerprint density at radius 1 is 1.35 bits per heavy atom. The molecule has 0 spiro atoms. The Balaban J connectivity index is 2.97. The lowest BCUT2D eigenvalue weighted by atomic mass is 10.1. The molecule has 0 heterocycles. The van der Waals surface area contributed by atoms with Gasteiger partial charge in [0.2, 0.25) is 0 Å². The molecule has 0 aliphatic heterocycles. The number of hydrogen-bond donors (Lipinski definition) is 3. The van der Waals surface area contributed by atoms with Crippen molar-refractivity contribution >= 4 is 17.3 Å². The van der Waals surface area contributed by atoms with E-state index in [9.17, 15) is 13.2 Å². The maximum atomic E-state index is 12.5. The lowest BCUT2D eigenvalue weighted by Gasteiger charge is -2.17. The third-order valence-corrected chi connectivity index (χ3v) is 2.32. The SMILES string of the molecule is NCC(CO)Nc1cc(Cl)cc(C(F)(F)F)c1. The van der Waals surface area contributed by atoms with Gasteiger partial charge in [-0.25, -0.2) is 0 Å². The van der Waals surface area contributed by atoms with Crippen LogP contribution >= 0.6 is 11.6 Å². The summed E-state index contributed by atoms with van der Waals surface area (Å²) < 4.78 is 37.5. The van der Waals surface area contributed by atoms with Gasteiger partial charge in [-0.05, 0) is 18.2 Å². The lowest BCUT2D eigenvalue weighted by molar-refractivity contribution is -0.137. The molecule has 1 atom stereocenters. The number of alkyl halides is 3. The molecular formula is C10H12ClF3N2O. The molecule has 1 unspecified atom stereocenters. The van der Waals surface area contributed by atoms with E-state index in [1.54, 1.807) is 0 Å². The molecule has 0 aromatic heterocycles. The number of aliphatic hydroxyl groups is 1. The minimum Gasteiger partial charge on any atom is -0.394 e. The predicted molar refractivity (Wildman–Crippen MR) is 60.0 cm³/mol. The molecule has 1 rings (SSSR count). The van der Waals surface area contributed by atoms with Crippen LogP contribution in [0.1, 0.15) is 5.56 Å². The molecule has 1 aromatic carbocycles. The zero-order chi connectivity index (χ0) is 13.1. The van der Waals surface area contributed by atoms with Crippen molar-refractivity contribution in [3.63, 3.8) is 0 Å². The van der Waals surface area contributed by atoms with Crippen LogP contribution in [0.4, 0.5) is 18.9 Å². The maximum absolute atomic E-state index is 12.5. The number of nitrogens with one attached hydrogen (secondary N) is 1. The fraction of sp³-hybridized carbons (Fsp3) is 0.400. The average molecular weight is 269 g/mol. The second kappa shape index (κ2) is 5.57. The van der Waals surface area contributed by atoms with Gasteiger partial charge in [0.05, 0.1) is 18.2 Å². The highest BCUT2D eigenvalue weighted by Crippen LogP contribution is 2.33. The highest BCUT2D eigenvalue weighted by molar-refractivity contribution is 6.30. The third kappa shape index (κ3) is 4.07. The van der Waals surface area contributed by atoms with Crippen LogP contribution in [0.15, 0.2) is 18.2 Å². The van der Waals surface area contributed by atoms with Gasteiger partial charge in [0.15, 0.2) is 0 Å². The maximum Gasteiger partial charge on any atom is 0.416 e. The summed E-state index contributed by atoms with van der Waals surface area (Å²) in [5, 5.41) is 11.5. The second-order valence-corrected chi connectivity index (χ2v) is 3.92. The molecule has 0 radical (unpaired) electrons. The molecule has 17 heavy (non-hydrogen) atoms. The highest BCUT2D eigenvalue weighted by atomic mass is 35.5. The number of benzene rings is 1. The van der Waals surface area contributed by atoms with Crippen LogP contribution in [0.5, 0.6) is 0 Å². The number of hydrogen-bond acceptors (Lipinski definition) is 3. The molecule has 0 amide bonds. The number of anilines is 1. The Kier molecular flexibility index (Phi) is 4.62. The molecule has 7 heteroatoms. The van der Waals surface area contributed by atoms with Crippen LogP contribution in [0.3, 0.4) is 0 Å². The molecule has 96 valence electrons. The normalized spacial score (nSPS) is 13.5. The molecule has 0 aliphatic rings. The fourth-order valence-corrected chi connectivity index (χ4v) is 1.49. The summed E-state index contributed by atoms with van der Waals surface area (Å²) in [6.07, 6.45) is -4.46.